The van der Waals surface area contributed by atoms with E-state index in [1.807, 2.05) is 13.8 Å². The van der Waals surface area contributed by atoms with Crippen molar-refractivity contribution < 1.29 is 9.95 Å². The van der Waals surface area contributed by atoms with Crippen LogP contribution in [0.15, 0.2) is 0 Å². The number of hydrogen-bond acceptors (Lipinski definition) is 1. The lowest BCUT2D eigenvalue weighted by Crippen LogP contribution is -2.03. The van der Waals surface area contributed by atoms with Gasteiger partial charge in [-0.1, -0.05) is 13.8 Å². The summed E-state index contributed by atoms with van der Waals surface area (Å²) in [5, 5.41) is 8.50. The standard InChI is InChI=1S/C5H12NO/c1-5(2)4-6(3)7/h4-5,7H,1-3H3/q+1. The first kappa shape index (κ1) is 6.47. The highest BCUT2D eigenvalue weighted by Gasteiger charge is 1.91. The summed E-state index contributed by atoms with van der Waals surface area (Å²) in [5.74, 6) is 0.426. The Bertz CT molecular complexity index is 72.1. The van der Waals surface area contributed by atoms with E-state index in [-0.39, 0.29) is 0 Å². The van der Waals surface area contributed by atoms with E-state index in [2.05, 4.69) is 0 Å². The molecule has 0 amide bonds. The molecule has 0 aromatic rings. The molecular weight excluding hydrogens is 90.1 g/mol. The minimum atomic E-state index is 0.426. The highest BCUT2D eigenvalue weighted by atomic mass is 16.5. The molecule has 0 aromatic carbocycles. The van der Waals surface area contributed by atoms with Gasteiger partial charge in [-0.2, -0.15) is 0 Å². The van der Waals surface area contributed by atoms with Gasteiger partial charge in [-0.25, -0.2) is 0 Å². The van der Waals surface area contributed by atoms with Gasteiger partial charge in [0, 0.05) is 5.92 Å². The van der Waals surface area contributed by atoms with Crippen molar-refractivity contribution in [2.45, 2.75) is 13.8 Å². The van der Waals surface area contributed by atoms with Crippen molar-refractivity contribution >= 4 is 6.21 Å². The zero-order chi connectivity index (χ0) is 5.86. The maximum absolute atomic E-state index is 8.50. The Morgan fingerprint density at radius 3 is 2.00 bits per heavy atom. The molecule has 42 valence electrons. The van der Waals surface area contributed by atoms with Crippen molar-refractivity contribution in [3.05, 3.63) is 0 Å². The SMILES string of the molecule is CC(C)C=[N+](C)O. The highest BCUT2D eigenvalue weighted by molar-refractivity contribution is 5.53. The number of rotatable bonds is 1. The van der Waals surface area contributed by atoms with Gasteiger partial charge >= 0.3 is 0 Å². The summed E-state index contributed by atoms with van der Waals surface area (Å²) >= 11 is 0. The molecule has 0 unspecified atom stereocenters. The highest BCUT2D eigenvalue weighted by Crippen LogP contribution is 1.81. The molecule has 0 heterocycles. The minimum Gasteiger partial charge on any atom is -0.291 e. The average Bonchev–Trinajstić information content (AvgIpc) is 1.27. The predicted molar refractivity (Wildman–Crippen MR) is 28.9 cm³/mol. The molecule has 0 aliphatic rings. The summed E-state index contributed by atoms with van der Waals surface area (Å²) in [6, 6.07) is 0. The van der Waals surface area contributed by atoms with E-state index in [4.69, 9.17) is 5.21 Å². The van der Waals surface area contributed by atoms with Crippen LogP contribution < -0.4 is 0 Å². The molecule has 0 atom stereocenters. The van der Waals surface area contributed by atoms with Gasteiger partial charge in [0.1, 0.15) is 0 Å². The van der Waals surface area contributed by atoms with Gasteiger partial charge in [-0.15, -0.1) is 0 Å². The molecule has 0 aliphatic heterocycles. The molecular formula is C5H12NO+. The summed E-state index contributed by atoms with van der Waals surface area (Å²) in [6.07, 6.45) is 1.72. The molecule has 0 spiro atoms. The van der Waals surface area contributed by atoms with Crippen LogP contribution in [0.3, 0.4) is 0 Å². The van der Waals surface area contributed by atoms with E-state index in [0.717, 1.165) is 4.74 Å². The summed E-state index contributed by atoms with van der Waals surface area (Å²) in [7, 11) is 1.60. The third-order valence-electron chi connectivity index (χ3n) is 0.514. The Balaban J connectivity index is 3.45. The lowest BCUT2D eigenvalue weighted by atomic mass is 10.3. The van der Waals surface area contributed by atoms with Gasteiger partial charge in [0.15, 0.2) is 13.3 Å². The summed E-state index contributed by atoms with van der Waals surface area (Å²) in [6.45, 7) is 4.01. The fraction of sp³-hybridized carbons (Fsp3) is 0.800. The van der Waals surface area contributed by atoms with Gasteiger partial charge in [-0.05, 0) is 4.74 Å². The van der Waals surface area contributed by atoms with E-state index >= 15 is 0 Å². The summed E-state index contributed by atoms with van der Waals surface area (Å²) in [5.41, 5.74) is 0. The maximum atomic E-state index is 8.50. The molecule has 0 bridgehead atoms. The van der Waals surface area contributed by atoms with E-state index < -0.39 is 0 Å². The molecule has 2 nitrogen and oxygen atoms in total. The van der Waals surface area contributed by atoms with Crippen molar-refractivity contribution in [1.29, 1.82) is 0 Å². The quantitative estimate of drug-likeness (QED) is 0.224. The van der Waals surface area contributed by atoms with Crippen molar-refractivity contribution in [2.75, 3.05) is 7.05 Å². The number of hydrogen-bond donors (Lipinski definition) is 1. The van der Waals surface area contributed by atoms with Crippen molar-refractivity contribution in [1.82, 2.24) is 0 Å². The molecule has 1 N–H and O–H groups in total. The predicted octanol–water partition coefficient (Wildman–Crippen LogP) is 0.745. The van der Waals surface area contributed by atoms with Crippen LogP contribution in [0.25, 0.3) is 0 Å². The molecule has 0 saturated heterocycles. The van der Waals surface area contributed by atoms with Gasteiger partial charge < -0.3 is 0 Å². The molecule has 0 aliphatic carbocycles. The Labute approximate surface area is 44.1 Å². The zero-order valence-corrected chi connectivity index (χ0v) is 5.05. The van der Waals surface area contributed by atoms with Crippen LogP contribution in [0.2, 0.25) is 0 Å². The number of hydroxylamine groups is 1. The average molecular weight is 102 g/mol. The maximum Gasteiger partial charge on any atom is 0.194 e. The second-order valence-electron chi connectivity index (χ2n) is 1.97. The Kier molecular flexibility index (Phi) is 2.41. The van der Waals surface area contributed by atoms with Gasteiger partial charge in [-0.3, -0.25) is 5.21 Å². The van der Waals surface area contributed by atoms with Crippen LogP contribution in [0.5, 0.6) is 0 Å². The molecule has 0 saturated carbocycles. The van der Waals surface area contributed by atoms with Crippen molar-refractivity contribution in [3.8, 4) is 0 Å². The second-order valence-corrected chi connectivity index (χ2v) is 1.97. The van der Waals surface area contributed by atoms with E-state index in [1.54, 1.807) is 13.3 Å². The Hall–Kier alpha value is -0.530. The first-order valence-electron chi connectivity index (χ1n) is 2.39. The molecule has 2 heteroatoms. The van der Waals surface area contributed by atoms with Crippen LogP contribution >= 0.6 is 0 Å². The molecule has 0 radical (unpaired) electrons. The van der Waals surface area contributed by atoms with Crippen molar-refractivity contribution in [2.24, 2.45) is 5.92 Å². The minimum absolute atomic E-state index is 0.426. The third kappa shape index (κ3) is 5.47. The van der Waals surface area contributed by atoms with Crippen LogP contribution in [0.1, 0.15) is 13.8 Å². The topological polar surface area (TPSA) is 23.2 Å². The van der Waals surface area contributed by atoms with E-state index in [0.29, 0.717) is 5.92 Å². The fourth-order valence-electron chi connectivity index (χ4n) is 0.431. The normalized spacial score (nSPS) is 12.9. The van der Waals surface area contributed by atoms with E-state index in [9.17, 15) is 0 Å². The first-order valence-corrected chi connectivity index (χ1v) is 2.39. The molecule has 0 rings (SSSR count). The summed E-state index contributed by atoms with van der Waals surface area (Å²) in [4.78, 5) is 0. The summed E-state index contributed by atoms with van der Waals surface area (Å²) < 4.78 is 1.07. The lowest BCUT2D eigenvalue weighted by Gasteiger charge is -1.85. The van der Waals surface area contributed by atoms with Gasteiger partial charge in [0.2, 0.25) is 0 Å². The molecule has 0 fully saturated rings. The van der Waals surface area contributed by atoms with Crippen LogP contribution in [-0.4, -0.2) is 23.2 Å². The smallest absolute Gasteiger partial charge is 0.194 e. The van der Waals surface area contributed by atoms with Gasteiger partial charge in [0.25, 0.3) is 0 Å². The third-order valence-corrected chi connectivity index (χ3v) is 0.514. The van der Waals surface area contributed by atoms with Crippen LogP contribution in [0.4, 0.5) is 0 Å². The number of nitrogens with zero attached hydrogens (tertiary/aromatic N) is 1. The fourth-order valence-corrected chi connectivity index (χ4v) is 0.431. The Morgan fingerprint density at radius 2 is 2.00 bits per heavy atom. The lowest BCUT2D eigenvalue weighted by molar-refractivity contribution is -0.752. The Morgan fingerprint density at radius 1 is 1.57 bits per heavy atom. The first-order chi connectivity index (χ1) is 3.13. The molecule has 7 heavy (non-hydrogen) atoms. The second kappa shape index (κ2) is 2.61. The monoisotopic (exact) mass is 102 g/mol. The molecule has 0 aromatic heterocycles. The van der Waals surface area contributed by atoms with Crippen LogP contribution in [0, 0.1) is 5.92 Å². The van der Waals surface area contributed by atoms with Crippen LogP contribution in [-0.2, 0) is 0 Å². The zero-order valence-electron chi connectivity index (χ0n) is 5.05. The van der Waals surface area contributed by atoms with Crippen molar-refractivity contribution in [3.63, 3.8) is 0 Å². The van der Waals surface area contributed by atoms with Gasteiger partial charge in [0.05, 0.1) is 0 Å². The van der Waals surface area contributed by atoms with E-state index in [1.165, 1.54) is 0 Å². The largest absolute Gasteiger partial charge is 0.291 e.